The van der Waals surface area contributed by atoms with Crippen molar-refractivity contribution in [3.8, 4) is 0 Å². The first kappa shape index (κ1) is 14.5. The lowest BCUT2D eigenvalue weighted by molar-refractivity contribution is 0.725. The molecule has 1 aromatic heterocycles. The molecule has 2 heterocycles. The zero-order valence-corrected chi connectivity index (χ0v) is 13.6. The van der Waals surface area contributed by atoms with Crippen LogP contribution in [0.15, 0.2) is 47.3 Å². The van der Waals surface area contributed by atoms with Gasteiger partial charge in [0.25, 0.3) is 5.56 Å². The first-order chi connectivity index (χ1) is 11.1. The van der Waals surface area contributed by atoms with Gasteiger partial charge in [-0.3, -0.25) is 9.36 Å². The number of halogens is 2. The highest BCUT2D eigenvalue weighted by molar-refractivity contribution is 6.31. The zero-order valence-electron chi connectivity index (χ0n) is 12.1. The van der Waals surface area contributed by atoms with Gasteiger partial charge >= 0.3 is 0 Å². The molecule has 0 saturated heterocycles. The molecular weight excluding hydrogens is 331 g/mol. The maximum absolute atomic E-state index is 12.6. The zero-order chi connectivity index (χ0) is 16.0. The molecular formula is C18H12Cl2N2O. The van der Waals surface area contributed by atoms with Crippen molar-refractivity contribution in [2.75, 3.05) is 0 Å². The van der Waals surface area contributed by atoms with Crippen molar-refractivity contribution in [3.05, 3.63) is 74.3 Å². The van der Waals surface area contributed by atoms with E-state index in [2.05, 4.69) is 4.98 Å². The van der Waals surface area contributed by atoms with Crippen LogP contribution in [-0.4, -0.2) is 9.55 Å². The summed E-state index contributed by atoms with van der Waals surface area (Å²) in [7, 11) is 0. The van der Waals surface area contributed by atoms with Crippen molar-refractivity contribution in [2.45, 2.75) is 13.0 Å². The molecule has 3 nitrogen and oxygen atoms in total. The Morgan fingerprint density at radius 3 is 2.74 bits per heavy atom. The van der Waals surface area contributed by atoms with Crippen LogP contribution in [-0.2, 0) is 6.54 Å². The molecule has 0 amide bonds. The summed E-state index contributed by atoms with van der Waals surface area (Å²) in [4.78, 5) is 17.3. The van der Waals surface area contributed by atoms with Crippen LogP contribution in [0, 0.1) is 0 Å². The highest BCUT2D eigenvalue weighted by atomic mass is 35.5. The Bertz CT molecular complexity index is 1020. The topological polar surface area (TPSA) is 34.9 Å². The molecule has 0 atom stereocenters. The van der Waals surface area contributed by atoms with Gasteiger partial charge in [-0.25, -0.2) is 4.98 Å². The standard InChI is InChI=1S/C18H12Cl2N2O/c19-13-3-1-2-11(9-13)8-12-6-7-22-17(12)21-16-5-4-14(20)10-15(16)18(22)23/h1-5,8-10H,6-7H2/b12-8-. The van der Waals surface area contributed by atoms with Crippen LogP contribution >= 0.6 is 23.2 Å². The minimum Gasteiger partial charge on any atom is -0.292 e. The van der Waals surface area contributed by atoms with Gasteiger partial charge < -0.3 is 0 Å². The van der Waals surface area contributed by atoms with Gasteiger partial charge in [0.2, 0.25) is 0 Å². The molecule has 0 N–H and O–H groups in total. The molecule has 1 aliphatic rings. The fourth-order valence-corrected chi connectivity index (χ4v) is 3.29. The van der Waals surface area contributed by atoms with Crippen LogP contribution in [0.3, 0.4) is 0 Å². The quantitative estimate of drug-likeness (QED) is 0.645. The molecule has 0 unspecified atom stereocenters. The van der Waals surface area contributed by atoms with E-state index in [9.17, 15) is 4.79 Å². The lowest BCUT2D eigenvalue weighted by Crippen LogP contribution is -2.20. The van der Waals surface area contributed by atoms with Crippen LogP contribution in [0.1, 0.15) is 17.8 Å². The Morgan fingerprint density at radius 1 is 1.09 bits per heavy atom. The molecule has 0 radical (unpaired) electrons. The van der Waals surface area contributed by atoms with E-state index in [1.165, 1.54) is 0 Å². The smallest absolute Gasteiger partial charge is 0.261 e. The number of benzene rings is 2. The van der Waals surface area contributed by atoms with Gasteiger partial charge in [0.15, 0.2) is 0 Å². The molecule has 3 aromatic rings. The number of aromatic nitrogens is 2. The minimum absolute atomic E-state index is 0.0398. The predicted octanol–water partition coefficient (Wildman–Crippen LogP) is 4.65. The molecule has 0 fully saturated rings. The molecule has 5 heteroatoms. The van der Waals surface area contributed by atoms with Crippen molar-refractivity contribution >= 4 is 45.8 Å². The summed E-state index contributed by atoms with van der Waals surface area (Å²) in [6.45, 7) is 0.635. The summed E-state index contributed by atoms with van der Waals surface area (Å²) < 4.78 is 1.72. The number of hydrogen-bond acceptors (Lipinski definition) is 2. The lowest BCUT2D eigenvalue weighted by Gasteiger charge is -2.06. The second-order valence-electron chi connectivity index (χ2n) is 5.53. The van der Waals surface area contributed by atoms with Gasteiger partial charge in [0.1, 0.15) is 5.82 Å². The molecule has 4 rings (SSSR count). The summed E-state index contributed by atoms with van der Waals surface area (Å²) in [6.07, 6.45) is 2.82. The first-order valence-electron chi connectivity index (χ1n) is 7.28. The van der Waals surface area contributed by atoms with Gasteiger partial charge in [-0.1, -0.05) is 35.3 Å². The first-order valence-corrected chi connectivity index (χ1v) is 8.04. The predicted molar refractivity (Wildman–Crippen MR) is 95.0 cm³/mol. The average molecular weight is 343 g/mol. The summed E-state index contributed by atoms with van der Waals surface area (Å²) >= 11 is 12.0. The van der Waals surface area contributed by atoms with Crippen LogP contribution in [0.4, 0.5) is 0 Å². The Hall–Kier alpha value is -2.10. The van der Waals surface area contributed by atoms with Crippen molar-refractivity contribution < 1.29 is 0 Å². The molecule has 0 spiro atoms. The van der Waals surface area contributed by atoms with Crippen LogP contribution < -0.4 is 5.56 Å². The number of hydrogen-bond donors (Lipinski definition) is 0. The summed E-state index contributed by atoms with van der Waals surface area (Å²) in [5.74, 6) is 0.727. The maximum atomic E-state index is 12.6. The molecule has 0 saturated carbocycles. The molecule has 0 bridgehead atoms. The van der Waals surface area contributed by atoms with E-state index in [1.807, 2.05) is 30.3 Å². The summed E-state index contributed by atoms with van der Waals surface area (Å²) in [5, 5.41) is 1.80. The van der Waals surface area contributed by atoms with Crippen LogP contribution in [0.2, 0.25) is 10.0 Å². The maximum Gasteiger partial charge on any atom is 0.261 e. The third kappa shape index (κ3) is 2.56. The number of nitrogens with zero attached hydrogens (tertiary/aromatic N) is 2. The van der Waals surface area contributed by atoms with Gasteiger partial charge in [0.05, 0.1) is 10.9 Å². The van der Waals surface area contributed by atoms with E-state index in [4.69, 9.17) is 23.2 Å². The molecule has 0 aliphatic carbocycles. The van der Waals surface area contributed by atoms with Crippen molar-refractivity contribution in [3.63, 3.8) is 0 Å². The minimum atomic E-state index is -0.0398. The van der Waals surface area contributed by atoms with E-state index in [0.717, 1.165) is 23.4 Å². The highest BCUT2D eigenvalue weighted by Gasteiger charge is 2.20. The van der Waals surface area contributed by atoms with E-state index >= 15 is 0 Å². The van der Waals surface area contributed by atoms with Crippen LogP contribution in [0.25, 0.3) is 22.6 Å². The van der Waals surface area contributed by atoms with Crippen molar-refractivity contribution in [1.82, 2.24) is 9.55 Å². The lowest BCUT2D eigenvalue weighted by atomic mass is 10.1. The summed E-state index contributed by atoms with van der Waals surface area (Å²) in [5.41, 5.74) is 2.68. The van der Waals surface area contributed by atoms with Gasteiger partial charge in [0, 0.05) is 16.6 Å². The van der Waals surface area contributed by atoms with E-state index in [0.29, 0.717) is 27.5 Å². The van der Waals surface area contributed by atoms with E-state index < -0.39 is 0 Å². The van der Waals surface area contributed by atoms with E-state index in [-0.39, 0.29) is 5.56 Å². The highest BCUT2D eigenvalue weighted by Crippen LogP contribution is 2.28. The second kappa shape index (κ2) is 5.52. The fourth-order valence-electron chi connectivity index (χ4n) is 2.92. The average Bonchev–Trinajstić information content (AvgIpc) is 2.92. The molecule has 23 heavy (non-hydrogen) atoms. The number of allylic oxidation sites excluding steroid dienone is 1. The van der Waals surface area contributed by atoms with Gasteiger partial charge in [-0.2, -0.15) is 0 Å². The summed E-state index contributed by atoms with van der Waals surface area (Å²) in [6, 6.07) is 12.9. The fraction of sp³-hybridized carbons (Fsp3) is 0.111. The Morgan fingerprint density at radius 2 is 1.91 bits per heavy atom. The van der Waals surface area contributed by atoms with Crippen molar-refractivity contribution in [1.29, 1.82) is 0 Å². The van der Waals surface area contributed by atoms with Gasteiger partial charge in [-0.05, 0) is 54.0 Å². The largest absolute Gasteiger partial charge is 0.292 e. The van der Waals surface area contributed by atoms with Crippen LogP contribution in [0.5, 0.6) is 0 Å². The molecule has 1 aliphatic heterocycles. The second-order valence-corrected chi connectivity index (χ2v) is 6.40. The number of rotatable bonds is 1. The third-order valence-corrected chi connectivity index (χ3v) is 4.47. The Labute approximate surface area is 142 Å². The monoisotopic (exact) mass is 342 g/mol. The number of fused-ring (bicyclic) bond motifs is 2. The Kier molecular flexibility index (Phi) is 3.47. The SMILES string of the molecule is O=c1c2cc(Cl)ccc2nc2n1CC/C2=C/c1cccc(Cl)c1. The van der Waals surface area contributed by atoms with Gasteiger partial charge in [-0.15, -0.1) is 0 Å². The van der Waals surface area contributed by atoms with E-state index in [1.54, 1.807) is 22.8 Å². The normalized spacial score (nSPS) is 15.3. The Balaban J connectivity index is 1.90. The third-order valence-electron chi connectivity index (χ3n) is 4.00. The molecule has 114 valence electrons. The van der Waals surface area contributed by atoms with Crippen molar-refractivity contribution in [2.24, 2.45) is 0 Å². The molecule has 2 aromatic carbocycles.